The molecule has 22 heavy (non-hydrogen) atoms. The van der Waals surface area contributed by atoms with Crippen molar-refractivity contribution < 1.29 is 9.84 Å². The molecule has 1 fully saturated rings. The van der Waals surface area contributed by atoms with Crippen molar-refractivity contribution in [3.8, 4) is 5.75 Å². The van der Waals surface area contributed by atoms with E-state index in [4.69, 9.17) is 4.74 Å². The summed E-state index contributed by atoms with van der Waals surface area (Å²) in [4.78, 5) is 2.36. The Morgan fingerprint density at radius 1 is 1.36 bits per heavy atom. The monoisotopic (exact) mass is 305 g/mol. The summed E-state index contributed by atoms with van der Waals surface area (Å²) in [7, 11) is 0. The van der Waals surface area contributed by atoms with Crippen LogP contribution in [0.5, 0.6) is 5.75 Å². The lowest BCUT2D eigenvalue weighted by molar-refractivity contribution is 0.0534. The predicted molar refractivity (Wildman–Crippen MR) is 91.6 cm³/mol. The summed E-state index contributed by atoms with van der Waals surface area (Å²) in [6.45, 7) is 12.0. The molecule has 3 nitrogen and oxygen atoms in total. The first-order valence-corrected chi connectivity index (χ1v) is 8.59. The molecule has 1 aliphatic heterocycles. The molecule has 0 spiro atoms. The quantitative estimate of drug-likeness (QED) is 0.872. The first-order valence-electron chi connectivity index (χ1n) is 8.59. The van der Waals surface area contributed by atoms with Gasteiger partial charge in [-0.15, -0.1) is 0 Å². The van der Waals surface area contributed by atoms with Gasteiger partial charge in [-0.3, -0.25) is 0 Å². The molecule has 0 aromatic heterocycles. The van der Waals surface area contributed by atoms with E-state index in [2.05, 4.69) is 50.8 Å². The topological polar surface area (TPSA) is 32.7 Å². The molecule has 1 heterocycles. The van der Waals surface area contributed by atoms with Crippen molar-refractivity contribution in [2.45, 2.75) is 52.6 Å². The van der Waals surface area contributed by atoms with E-state index in [9.17, 15) is 5.11 Å². The van der Waals surface area contributed by atoms with Crippen LogP contribution in [0.25, 0.3) is 0 Å². The zero-order valence-corrected chi connectivity index (χ0v) is 14.5. The van der Waals surface area contributed by atoms with Crippen LogP contribution in [0.2, 0.25) is 0 Å². The molecular weight excluding hydrogens is 274 g/mol. The zero-order valence-electron chi connectivity index (χ0n) is 14.5. The molecule has 0 amide bonds. The van der Waals surface area contributed by atoms with Crippen LogP contribution in [0.3, 0.4) is 0 Å². The summed E-state index contributed by atoms with van der Waals surface area (Å²) in [5.41, 5.74) is 2.41. The van der Waals surface area contributed by atoms with E-state index in [0.717, 1.165) is 24.8 Å². The minimum Gasteiger partial charge on any atom is -0.491 e. The Morgan fingerprint density at radius 3 is 2.82 bits per heavy atom. The number of hydrogen-bond acceptors (Lipinski definition) is 3. The summed E-state index contributed by atoms with van der Waals surface area (Å²) >= 11 is 0. The number of hydrogen-bond donors (Lipinski definition) is 1. The summed E-state index contributed by atoms with van der Waals surface area (Å²) in [5.74, 6) is 2.09. The van der Waals surface area contributed by atoms with E-state index < -0.39 is 6.10 Å². The molecule has 2 unspecified atom stereocenters. The Morgan fingerprint density at radius 2 is 2.14 bits per heavy atom. The van der Waals surface area contributed by atoms with Crippen LogP contribution in [0.1, 0.15) is 50.7 Å². The maximum absolute atomic E-state index is 10.3. The molecule has 2 atom stereocenters. The Labute approximate surface area is 135 Å². The number of β-amino-alcohol motifs (C(OH)–C–C–N with tert-alkyl or cyclic N) is 1. The van der Waals surface area contributed by atoms with E-state index in [1.807, 2.05) is 0 Å². The van der Waals surface area contributed by atoms with Gasteiger partial charge in [0.2, 0.25) is 0 Å². The van der Waals surface area contributed by atoms with Gasteiger partial charge >= 0.3 is 0 Å². The van der Waals surface area contributed by atoms with Crippen molar-refractivity contribution in [1.29, 1.82) is 0 Å². The second-order valence-corrected chi connectivity index (χ2v) is 7.17. The standard InChI is InChI=1S/C19H31NO2/c1-14(2)18-8-7-15(3)10-19(18)22-13-17(21)12-20-9-5-6-16(4)11-20/h7-8,10,14,16-17,21H,5-6,9,11-13H2,1-4H3. The van der Waals surface area contributed by atoms with Crippen molar-refractivity contribution in [3.63, 3.8) is 0 Å². The van der Waals surface area contributed by atoms with Crippen LogP contribution in [-0.2, 0) is 0 Å². The SMILES string of the molecule is Cc1ccc(C(C)C)c(OCC(O)CN2CCCC(C)C2)c1. The highest BCUT2D eigenvalue weighted by atomic mass is 16.5. The number of aryl methyl sites for hydroxylation is 1. The molecule has 1 aliphatic rings. The largest absolute Gasteiger partial charge is 0.491 e. The zero-order chi connectivity index (χ0) is 16.1. The number of aliphatic hydroxyl groups excluding tert-OH is 1. The van der Waals surface area contributed by atoms with Crippen LogP contribution in [0.4, 0.5) is 0 Å². The van der Waals surface area contributed by atoms with E-state index in [0.29, 0.717) is 19.1 Å². The minimum atomic E-state index is -0.425. The van der Waals surface area contributed by atoms with Crippen LogP contribution < -0.4 is 4.74 Å². The fraction of sp³-hybridized carbons (Fsp3) is 0.684. The Hall–Kier alpha value is -1.06. The third-order valence-corrected chi connectivity index (χ3v) is 4.43. The van der Waals surface area contributed by atoms with Gasteiger partial charge in [-0.05, 0) is 55.3 Å². The number of rotatable bonds is 6. The first kappa shape index (κ1) is 17.3. The second kappa shape index (κ2) is 7.98. The number of ether oxygens (including phenoxy) is 1. The predicted octanol–water partition coefficient (Wildman–Crippen LogP) is 3.59. The van der Waals surface area contributed by atoms with Gasteiger partial charge in [0.15, 0.2) is 0 Å². The van der Waals surface area contributed by atoms with Gasteiger partial charge in [-0.1, -0.05) is 32.9 Å². The van der Waals surface area contributed by atoms with Gasteiger partial charge in [0.1, 0.15) is 18.5 Å². The van der Waals surface area contributed by atoms with Crippen LogP contribution in [0.15, 0.2) is 18.2 Å². The average Bonchev–Trinajstić information content (AvgIpc) is 2.45. The molecule has 1 aromatic carbocycles. The van der Waals surface area contributed by atoms with Crippen molar-refractivity contribution in [3.05, 3.63) is 29.3 Å². The average molecular weight is 305 g/mol. The highest BCUT2D eigenvalue weighted by Gasteiger charge is 2.19. The van der Waals surface area contributed by atoms with Crippen LogP contribution in [-0.4, -0.2) is 42.4 Å². The molecule has 1 saturated heterocycles. The summed E-state index contributed by atoms with van der Waals surface area (Å²) in [6, 6.07) is 6.33. The molecule has 0 radical (unpaired) electrons. The van der Waals surface area contributed by atoms with Crippen molar-refractivity contribution in [2.75, 3.05) is 26.2 Å². The van der Waals surface area contributed by atoms with Crippen LogP contribution in [0, 0.1) is 12.8 Å². The van der Waals surface area contributed by atoms with E-state index in [-0.39, 0.29) is 0 Å². The molecule has 124 valence electrons. The van der Waals surface area contributed by atoms with Gasteiger partial charge in [0.25, 0.3) is 0 Å². The first-order chi connectivity index (χ1) is 10.5. The van der Waals surface area contributed by atoms with Crippen molar-refractivity contribution >= 4 is 0 Å². The maximum Gasteiger partial charge on any atom is 0.123 e. The number of nitrogens with zero attached hydrogens (tertiary/aromatic N) is 1. The lowest BCUT2D eigenvalue weighted by Gasteiger charge is -2.32. The smallest absolute Gasteiger partial charge is 0.123 e. The Balaban J connectivity index is 1.88. The highest BCUT2D eigenvalue weighted by Crippen LogP contribution is 2.27. The lowest BCUT2D eigenvalue weighted by atomic mass is 10.00. The molecule has 3 heteroatoms. The molecule has 1 N–H and O–H groups in total. The van der Waals surface area contributed by atoms with Gasteiger partial charge in [-0.25, -0.2) is 0 Å². The number of benzene rings is 1. The number of piperidine rings is 1. The van der Waals surface area contributed by atoms with Gasteiger partial charge in [0.05, 0.1) is 0 Å². The molecule has 0 saturated carbocycles. The third kappa shape index (κ3) is 4.99. The minimum absolute atomic E-state index is 0.369. The van der Waals surface area contributed by atoms with E-state index in [1.165, 1.54) is 24.0 Å². The van der Waals surface area contributed by atoms with E-state index in [1.54, 1.807) is 0 Å². The summed E-state index contributed by atoms with van der Waals surface area (Å²) in [5, 5.41) is 10.3. The van der Waals surface area contributed by atoms with Crippen molar-refractivity contribution in [2.24, 2.45) is 5.92 Å². The number of likely N-dealkylation sites (tertiary alicyclic amines) is 1. The Kier molecular flexibility index (Phi) is 6.27. The molecular formula is C19H31NO2. The van der Waals surface area contributed by atoms with Crippen LogP contribution >= 0.6 is 0 Å². The van der Waals surface area contributed by atoms with Crippen molar-refractivity contribution in [1.82, 2.24) is 4.90 Å². The second-order valence-electron chi connectivity index (χ2n) is 7.17. The Bertz CT molecular complexity index is 473. The molecule has 1 aromatic rings. The summed E-state index contributed by atoms with van der Waals surface area (Å²) < 4.78 is 5.93. The number of aliphatic hydroxyl groups is 1. The summed E-state index contributed by atoms with van der Waals surface area (Å²) in [6.07, 6.45) is 2.12. The molecule has 0 aliphatic carbocycles. The fourth-order valence-electron chi connectivity index (χ4n) is 3.23. The van der Waals surface area contributed by atoms with Gasteiger partial charge in [0, 0.05) is 13.1 Å². The van der Waals surface area contributed by atoms with Gasteiger partial charge in [-0.2, -0.15) is 0 Å². The fourth-order valence-corrected chi connectivity index (χ4v) is 3.23. The molecule has 0 bridgehead atoms. The molecule has 2 rings (SSSR count). The van der Waals surface area contributed by atoms with E-state index >= 15 is 0 Å². The maximum atomic E-state index is 10.3. The normalized spacial score (nSPS) is 21.1. The lowest BCUT2D eigenvalue weighted by Crippen LogP contribution is -2.41. The third-order valence-electron chi connectivity index (χ3n) is 4.43. The highest BCUT2D eigenvalue weighted by molar-refractivity contribution is 5.39. The van der Waals surface area contributed by atoms with Gasteiger partial charge < -0.3 is 14.7 Å².